The van der Waals surface area contributed by atoms with Gasteiger partial charge in [-0.25, -0.2) is 4.39 Å². The first kappa shape index (κ1) is 10.9. The van der Waals surface area contributed by atoms with Gasteiger partial charge in [-0.1, -0.05) is 25.3 Å². The number of para-hydroxylation sites is 1. The second-order valence-electron chi connectivity index (χ2n) is 5.19. The molecule has 2 nitrogen and oxygen atoms in total. The maximum absolute atomic E-state index is 13.7. The van der Waals surface area contributed by atoms with Gasteiger partial charge >= 0.3 is 0 Å². The molecular weight excluding hydrogens is 215 g/mol. The number of hydrogen-bond acceptors (Lipinski definition) is 2. The zero-order valence-electron chi connectivity index (χ0n) is 10.0. The number of nitrogens with one attached hydrogen (secondary N) is 2. The molecule has 0 spiro atoms. The van der Waals surface area contributed by atoms with E-state index in [0.717, 1.165) is 12.2 Å². The Bertz CT molecular complexity index is 405. The molecule has 2 unspecified atom stereocenters. The number of benzene rings is 1. The van der Waals surface area contributed by atoms with E-state index in [4.69, 9.17) is 0 Å². The van der Waals surface area contributed by atoms with Crippen molar-refractivity contribution < 1.29 is 4.39 Å². The van der Waals surface area contributed by atoms with Crippen molar-refractivity contribution in [1.82, 2.24) is 0 Å². The summed E-state index contributed by atoms with van der Waals surface area (Å²) in [4.78, 5) is 0. The molecule has 2 N–H and O–H groups in total. The lowest BCUT2D eigenvalue weighted by Crippen LogP contribution is -2.30. The van der Waals surface area contributed by atoms with Crippen LogP contribution in [0.25, 0.3) is 0 Å². The van der Waals surface area contributed by atoms with E-state index in [2.05, 4.69) is 10.6 Å². The lowest BCUT2D eigenvalue weighted by molar-refractivity contribution is 0.443. The van der Waals surface area contributed by atoms with Crippen LogP contribution in [0.1, 0.15) is 32.1 Å². The van der Waals surface area contributed by atoms with Crippen LogP contribution >= 0.6 is 0 Å². The van der Waals surface area contributed by atoms with Crippen LogP contribution in [0.2, 0.25) is 0 Å². The summed E-state index contributed by atoms with van der Waals surface area (Å²) in [5.41, 5.74) is 1.58. The molecule has 1 fully saturated rings. The molecule has 3 rings (SSSR count). The van der Waals surface area contributed by atoms with E-state index >= 15 is 0 Å². The van der Waals surface area contributed by atoms with E-state index in [9.17, 15) is 4.39 Å². The largest absolute Gasteiger partial charge is 0.381 e. The van der Waals surface area contributed by atoms with E-state index in [1.54, 1.807) is 6.07 Å². The van der Waals surface area contributed by atoms with Gasteiger partial charge in [-0.15, -0.1) is 0 Å². The molecule has 0 amide bonds. The number of anilines is 2. The maximum atomic E-state index is 13.7. The van der Waals surface area contributed by atoms with Crippen molar-refractivity contribution in [3.63, 3.8) is 0 Å². The zero-order valence-corrected chi connectivity index (χ0v) is 10.0. The minimum absolute atomic E-state index is 0.147. The molecule has 1 aromatic carbocycles. The smallest absolute Gasteiger partial charge is 0.148 e. The van der Waals surface area contributed by atoms with Crippen LogP contribution in [0.15, 0.2) is 18.2 Å². The monoisotopic (exact) mass is 234 g/mol. The Morgan fingerprint density at radius 3 is 2.94 bits per heavy atom. The van der Waals surface area contributed by atoms with Crippen molar-refractivity contribution >= 4 is 11.4 Å². The summed E-state index contributed by atoms with van der Waals surface area (Å²) >= 11 is 0. The topological polar surface area (TPSA) is 24.1 Å². The molecule has 0 aromatic heterocycles. The quantitative estimate of drug-likeness (QED) is 0.716. The third-order valence-electron chi connectivity index (χ3n) is 4.05. The Labute approximate surface area is 102 Å². The van der Waals surface area contributed by atoms with Crippen molar-refractivity contribution in [1.29, 1.82) is 0 Å². The highest BCUT2D eigenvalue weighted by atomic mass is 19.1. The minimum atomic E-state index is -0.147. The SMILES string of the molecule is Fc1cccc2c1NCC1CCCCCC1N2. The van der Waals surface area contributed by atoms with Crippen molar-refractivity contribution in [3.8, 4) is 0 Å². The third kappa shape index (κ3) is 2.11. The highest BCUT2D eigenvalue weighted by molar-refractivity contribution is 5.70. The number of rotatable bonds is 0. The summed E-state index contributed by atoms with van der Waals surface area (Å²) in [5, 5.41) is 6.82. The van der Waals surface area contributed by atoms with E-state index in [1.807, 2.05) is 6.07 Å². The predicted octanol–water partition coefficient (Wildman–Crippen LogP) is 3.61. The molecule has 0 bridgehead atoms. The lowest BCUT2D eigenvalue weighted by atomic mass is 9.95. The molecule has 92 valence electrons. The van der Waals surface area contributed by atoms with Gasteiger partial charge in [0.15, 0.2) is 0 Å². The van der Waals surface area contributed by atoms with Crippen molar-refractivity contribution in [2.75, 3.05) is 17.2 Å². The van der Waals surface area contributed by atoms with Crippen molar-refractivity contribution in [2.24, 2.45) is 5.92 Å². The number of fused-ring (bicyclic) bond motifs is 2. The number of halogens is 1. The third-order valence-corrected chi connectivity index (χ3v) is 4.05. The maximum Gasteiger partial charge on any atom is 0.148 e. The van der Waals surface area contributed by atoms with Crippen LogP contribution < -0.4 is 10.6 Å². The first-order valence-electron chi connectivity index (χ1n) is 6.63. The molecule has 2 atom stereocenters. The Morgan fingerprint density at radius 2 is 2.00 bits per heavy atom. The van der Waals surface area contributed by atoms with Crippen LogP contribution in [-0.4, -0.2) is 12.6 Å². The van der Waals surface area contributed by atoms with E-state index < -0.39 is 0 Å². The lowest BCUT2D eigenvalue weighted by Gasteiger charge is -2.23. The first-order valence-corrected chi connectivity index (χ1v) is 6.63. The first-order chi connectivity index (χ1) is 8.34. The Hall–Kier alpha value is -1.25. The Balaban J connectivity index is 1.90. The zero-order chi connectivity index (χ0) is 11.7. The molecule has 17 heavy (non-hydrogen) atoms. The van der Waals surface area contributed by atoms with Crippen LogP contribution in [-0.2, 0) is 0 Å². The van der Waals surface area contributed by atoms with Gasteiger partial charge in [0.25, 0.3) is 0 Å². The normalized spacial score (nSPS) is 27.8. The van der Waals surface area contributed by atoms with Crippen molar-refractivity contribution in [2.45, 2.75) is 38.1 Å². The van der Waals surface area contributed by atoms with Crippen LogP contribution in [0, 0.1) is 11.7 Å². The van der Waals surface area contributed by atoms with E-state index in [1.165, 1.54) is 38.2 Å². The molecular formula is C14H19FN2. The predicted molar refractivity (Wildman–Crippen MR) is 68.9 cm³/mol. The second-order valence-corrected chi connectivity index (χ2v) is 5.19. The summed E-state index contributed by atoms with van der Waals surface area (Å²) in [6.45, 7) is 0.894. The molecule has 0 saturated heterocycles. The Kier molecular flexibility index (Phi) is 2.91. The summed E-state index contributed by atoms with van der Waals surface area (Å²) in [5.74, 6) is 0.482. The van der Waals surface area contributed by atoms with E-state index in [0.29, 0.717) is 17.6 Å². The van der Waals surface area contributed by atoms with Gasteiger partial charge < -0.3 is 10.6 Å². The average molecular weight is 234 g/mol. The van der Waals surface area contributed by atoms with Gasteiger partial charge in [0.1, 0.15) is 5.82 Å². The highest BCUT2D eigenvalue weighted by Gasteiger charge is 2.27. The molecule has 2 aliphatic rings. The standard InChI is InChI=1S/C14H19FN2/c15-11-6-4-8-13-14(11)16-9-10-5-2-1-3-7-12(10)17-13/h4,6,8,10,12,16-17H,1-3,5,7,9H2. The van der Waals surface area contributed by atoms with Gasteiger partial charge in [0.2, 0.25) is 0 Å². The summed E-state index contributed by atoms with van der Waals surface area (Å²) in [7, 11) is 0. The molecule has 0 radical (unpaired) electrons. The van der Waals surface area contributed by atoms with Gasteiger partial charge in [0.05, 0.1) is 11.4 Å². The fourth-order valence-corrected chi connectivity index (χ4v) is 3.08. The molecule has 1 aliphatic carbocycles. The van der Waals surface area contributed by atoms with Gasteiger partial charge in [0, 0.05) is 12.6 Å². The van der Waals surface area contributed by atoms with Crippen LogP contribution in [0.5, 0.6) is 0 Å². The number of hydrogen-bond donors (Lipinski definition) is 2. The summed E-state index contributed by atoms with van der Waals surface area (Å²) in [6.07, 6.45) is 6.40. The molecule has 1 aliphatic heterocycles. The average Bonchev–Trinajstić information content (AvgIpc) is 2.62. The molecule has 1 saturated carbocycles. The van der Waals surface area contributed by atoms with Crippen LogP contribution in [0.4, 0.5) is 15.8 Å². The summed E-state index contributed by atoms with van der Waals surface area (Å²) < 4.78 is 13.7. The Morgan fingerprint density at radius 1 is 1.12 bits per heavy atom. The van der Waals surface area contributed by atoms with Crippen LogP contribution in [0.3, 0.4) is 0 Å². The van der Waals surface area contributed by atoms with Crippen molar-refractivity contribution in [3.05, 3.63) is 24.0 Å². The van der Waals surface area contributed by atoms with Gasteiger partial charge in [-0.05, 0) is 30.9 Å². The fraction of sp³-hybridized carbons (Fsp3) is 0.571. The fourth-order valence-electron chi connectivity index (χ4n) is 3.08. The molecule has 3 heteroatoms. The van der Waals surface area contributed by atoms with Gasteiger partial charge in [-0.3, -0.25) is 0 Å². The molecule has 1 heterocycles. The summed E-state index contributed by atoms with van der Waals surface area (Å²) in [6, 6.07) is 5.78. The van der Waals surface area contributed by atoms with E-state index in [-0.39, 0.29) is 5.82 Å². The highest BCUT2D eigenvalue weighted by Crippen LogP contribution is 2.34. The van der Waals surface area contributed by atoms with Gasteiger partial charge in [-0.2, -0.15) is 0 Å². The minimum Gasteiger partial charge on any atom is -0.381 e. The molecule has 1 aromatic rings. The second kappa shape index (κ2) is 4.55.